The Kier molecular flexibility index (Phi) is 7.84. The van der Waals surface area contributed by atoms with Gasteiger partial charge in [0.15, 0.2) is 12.1 Å². The van der Waals surface area contributed by atoms with Gasteiger partial charge in [-0.15, -0.1) is 0 Å². The molecule has 0 aromatic carbocycles. The minimum absolute atomic E-state index is 0.165. The number of nitrogens with zero attached hydrogens (tertiary/aromatic N) is 5. The lowest BCUT2D eigenvalue weighted by Crippen LogP contribution is -2.49. The first-order valence-electron chi connectivity index (χ1n) is 13.7. The quantitative estimate of drug-likeness (QED) is 0.434. The molecule has 2 atom stereocenters. The van der Waals surface area contributed by atoms with Gasteiger partial charge < -0.3 is 23.3 Å². The normalized spacial score (nSPS) is 24.8. The predicted octanol–water partition coefficient (Wildman–Crippen LogP) is 4.05. The van der Waals surface area contributed by atoms with Crippen LogP contribution in [0.1, 0.15) is 62.2 Å². The van der Waals surface area contributed by atoms with E-state index < -0.39 is 0 Å². The van der Waals surface area contributed by atoms with Crippen LogP contribution in [0.25, 0.3) is 11.5 Å². The highest BCUT2D eigenvalue weighted by Gasteiger charge is 2.33. The molecule has 5 heterocycles. The van der Waals surface area contributed by atoms with Crippen LogP contribution in [0.15, 0.2) is 41.3 Å². The van der Waals surface area contributed by atoms with Crippen LogP contribution in [-0.2, 0) is 20.8 Å². The summed E-state index contributed by atoms with van der Waals surface area (Å²) in [5.41, 5.74) is 2.45. The predicted molar refractivity (Wildman–Crippen MR) is 140 cm³/mol. The van der Waals surface area contributed by atoms with Crippen LogP contribution in [0.3, 0.4) is 0 Å². The SMILES string of the molecule is C[C@H](O[C@H]1CCCCO1)c1nccn1Cc1cc(-c2ccc(C#CC3CC(N4CCOCC4)C3)cn2)on1. The van der Waals surface area contributed by atoms with E-state index in [1.54, 1.807) is 6.20 Å². The monoisotopic (exact) mass is 517 g/mol. The van der Waals surface area contributed by atoms with Crippen molar-refractivity contribution in [3.8, 4) is 23.3 Å². The molecule has 0 radical (unpaired) electrons. The van der Waals surface area contributed by atoms with Gasteiger partial charge in [-0.05, 0) is 51.2 Å². The van der Waals surface area contributed by atoms with Crippen molar-refractivity contribution in [3.63, 3.8) is 0 Å². The smallest absolute Gasteiger partial charge is 0.185 e. The summed E-state index contributed by atoms with van der Waals surface area (Å²) in [6.07, 6.45) is 10.6. The first kappa shape index (κ1) is 25.3. The van der Waals surface area contributed by atoms with Gasteiger partial charge in [0, 0.05) is 61.9 Å². The highest BCUT2D eigenvalue weighted by atomic mass is 16.7. The van der Waals surface area contributed by atoms with E-state index in [-0.39, 0.29) is 12.4 Å². The van der Waals surface area contributed by atoms with Gasteiger partial charge in [-0.25, -0.2) is 4.98 Å². The molecule has 6 rings (SSSR count). The van der Waals surface area contributed by atoms with Crippen molar-refractivity contribution in [1.29, 1.82) is 0 Å². The van der Waals surface area contributed by atoms with Crippen LogP contribution in [-0.4, -0.2) is 69.8 Å². The molecular formula is C29H35N5O4. The lowest BCUT2D eigenvalue weighted by Gasteiger charge is -2.42. The molecule has 0 bridgehead atoms. The Labute approximate surface area is 223 Å². The van der Waals surface area contributed by atoms with Gasteiger partial charge in [-0.1, -0.05) is 17.0 Å². The standard InChI is InChI=1S/C29H35N5O4/c1-21(37-28-4-2-3-13-36-28)29-30-9-10-34(29)20-24-18-27(38-32-24)26-8-7-22(19-31-26)5-6-23-16-25(17-23)33-11-14-35-15-12-33/h7-10,18-19,21,23,25,28H,2-4,11-17,20H2,1H3/t21-,23?,25?,28-/m0/s1. The zero-order valence-electron chi connectivity index (χ0n) is 21.9. The van der Waals surface area contributed by atoms with E-state index in [0.29, 0.717) is 24.3 Å². The van der Waals surface area contributed by atoms with Crippen molar-refractivity contribution in [1.82, 2.24) is 24.6 Å². The summed E-state index contributed by atoms with van der Waals surface area (Å²) in [5.74, 6) is 8.66. The van der Waals surface area contributed by atoms with Crippen molar-refractivity contribution >= 4 is 0 Å². The number of pyridine rings is 1. The maximum Gasteiger partial charge on any atom is 0.185 e. The Balaban J connectivity index is 1.03. The molecule has 9 heteroatoms. The average molecular weight is 518 g/mol. The molecule has 3 aliphatic rings. The number of hydrogen-bond donors (Lipinski definition) is 0. The van der Waals surface area contributed by atoms with Crippen LogP contribution in [0.5, 0.6) is 0 Å². The molecule has 9 nitrogen and oxygen atoms in total. The second-order valence-corrected chi connectivity index (χ2v) is 10.3. The van der Waals surface area contributed by atoms with E-state index in [9.17, 15) is 0 Å². The van der Waals surface area contributed by atoms with E-state index in [0.717, 1.165) is 87.8 Å². The van der Waals surface area contributed by atoms with E-state index >= 15 is 0 Å². The molecule has 0 spiro atoms. The van der Waals surface area contributed by atoms with Crippen molar-refractivity contribution in [3.05, 3.63) is 53.9 Å². The number of rotatable bonds is 7. The summed E-state index contributed by atoms with van der Waals surface area (Å²) in [6, 6.07) is 6.52. The molecule has 3 aromatic rings. The van der Waals surface area contributed by atoms with Crippen molar-refractivity contribution < 1.29 is 18.7 Å². The lowest BCUT2D eigenvalue weighted by molar-refractivity contribution is -0.188. The molecule has 0 amide bonds. The molecule has 0 unspecified atom stereocenters. The third-order valence-corrected chi connectivity index (χ3v) is 7.61. The maximum atomic E-state index is 6.10. The maximum absolute atomic E-state index is 6.10. The fourth-order valence-corrected chi connectivity index (χ4v) is 5.35. The fourth-order valence-electron chi connectivity index (χ4n) is 5.35. The zero-order chi connectivity index (χ0) is 25.7. The topological polar surface area (TPSA) is 87.7 Å². The molecule has 2 saturated heterocycles. The van der Waals surface area contributed by atoms with Crippen LogP contribution in [0.2, 0.25) is 0 Å². The first-order valence-corrected chi connectivity index (χ1v) is 13.7. The van der Waals surface area contributed by atoms with Crippen molar-refractivity contribution in [2.75, 3.05) is 32.9 Å². The van der Waals surface area contributed by atoms with Gasteiger partial charge >= 0.3 is 0 Å². The van der Waals surface area contributed by atoms with Crippen molar-refractivity contribution in [2.24, 2.45) is 5.92 Å². The highest BCUT2D eigenvalue weighted by molar-refractivity contribution is 5.53. The molecule has 200 valence electrons. The van der Waals surface area contributed by atoms with E-state index in [1.165, 1.54) is 0 Å². The highest BCUT2D eigenvalue weighted by Crippen LogP contribution is 2.32. The minimum atomic E-state index is -0.181. The molecule has 1 aliphatic carbocycles. The number of imidazole rings is 1. The largest absolute Gasteiger partial charge is 0.379 e. The first-order chi connectivity index (χ1) is 18.7. The summed E-state index contributed by atoms with van der Waals surface area (Å²) in [7, 11) is 0. The van der Waals surface area contributed by atoms with Gasteiger partial charge in [-0.3, -0.25) is 9.88 Å². The summed E-state index contributed by atoms with van der Waals surface area (Å²) in [4.78, 5) is 11.6. The number of hydrogen-bond acceptors (Lipinski definition) is 8. The number of morpholine rings is 1. The summed E-state index contributed by atoms with van der Waals surface area (Å²) >= 11 is 0. The minimum Gasteiger partial charge on any atom is -0.379 e. The van der Waals surface area contributed by atoms with Gasteiger partial charge in [0.2, 0.25) is 0 Å². The molecular weight excluding hydrogens is 482 g/mol. The second-order valence-electron chi connectivity index (χ2n) is 10.3. The average Bonchev–Trinajstić information content (AvgIpc) is 3.60. The van der Waals surface area contributed by atoms with E-state index in [1.807, 2.05) is 42.1 Å². The Morgan fingerprint density at radius 3 is 2.82 bits per heavy atom. The Morgan fingerprint density at radius 1 is 1.13 bits per heavy atom. The van der Waals surface area contributed by atoms with E-state index in [4.69, 9.17) is 18.7 Å². The molecule has 38 heavy (non-hydrogen) atoms. The fraction of sp³-hybridized carbons (Fsp3) is 0.552. The molecule has 0 N–H and O–H groups in total. The second kappa shape index (κ2) is 11.8. The molecule has 3 aromatic heterocycles. The Morgan fingerprint density at radius 2 is 2.03 bits per heavy atom. The zero-order valence-corrected chi connectivity index (χ0v) is 21.9. The van der Waals surface area contributed by atoms with Crippen LogP contribution < -0.4 is 0 Å². The molecule has 1 saturated carbocycles. The van der Waals surface area contributed by atoms with Crippen LogP contribution in [0.4, 0.5) is 0 Å². The van der Waals surface area contributed by atoms with Crippen LogP contribution in [0, 0.1) is 17.8 Å². The van der Waals surface area contributed by atoms with Crippen LogP contribution >= 0.6 is 0 Å². The van der Waals surface area contributed by atoms with Gasteiger partial charge in [0.05, 0.1) is 19.8 Å². The van der Waals surface area contributed by atoms with Crippen molar-refractivity contribution in [2.45, 2.75) is 64.0 Å². The summed E-state index contributed by atoms with van der Waals surface area (Å²) < 4.78 is 24.9. The number of aromatic nitrogens is 4. The summed E-state index contributed by atoms with van der Waals surface area (Å²) in [6.45, 7) is 7.10. The third kappa shape index (κ3) is 6.00. The number of ether oxygens (including phenoxy) is 3. The van der Waals surface area contributed by atoms with Gasteiger partial charge in [0.25, 0.3) is 0 Å². The molecule has 3 fully saturated rings. The van der Waals surface area contributed by atoms with Gasteiger partial charge in [-0.2, -0.15) is 0 Å². The molecule has 2 aliphatic heterocycles. The third-order valence-electron chi connectivity index (χ3n) is 7.61. The summed E-state index contributed by atoms with van der Waals surface area (Å²) in [5, 5.41) is 4.26. The van der Waals surface area contributed by atoms with Gasteiger partial charge in [0.1, 0.15) is 23.3 Å². The Hall–Kier alpha value is -3.03. The Bertz CT molecular complexity index is 1240. The lowest BCUT2D eigenvalue weighted by atomic mass is 9.79. The van der Waals surface area contributed by atoms with E-state index in [2.05, 4.69) is 31.9 Å².